The number of carboxylic acids is 4. The fourth-order valence-electron chi connectivity index (χ4n) is 0.832. The maximum absolute atomic E-state index is 10.3. The summed E-state index contributed by atoms with van der Waals surface area (Å²) in [6.45, 7) is 0. The standard InChI is InChI=1S/2C4H5N3O.2C2H2O4.2H2O.Zn/c2*5-3-1-2-6-4(8)7-3;2*3-1(4)2(5)6;;;/h2*1-2H,(H3,5,6,7,8);2*(H,3,4)(H,5,6);2*1H2;/q;;;;;;+2. The summed E-state index contributed by atoms with van der Waals surface area (Å²) in [6, 6.07) is 3.14. The van der Waals surface area contributed by atoms with Crippen LogP contribution in [-0.4, -0.2) is 33.8 Å². The van der Waals surface area contributed by atoms with Crippen molar-refractivity contribution in [2.24, 2.45) is 0 Å². The van der Waals surface area contributed by atoms with E-state index in [1.54, 1.807) is 12.1 Å². The number of carboxylic acid groups (broad SMARTS) is 4. The van der Waals surface area contributed by atoms with Crippen LogP contribution in [0.15, 0.2) is 34.1 Å². The predicted molar refractivity (Wildman–Crippen MR) is 85.8 cm³/mol. The molecule has 0 unspecified atom stereocenters. The molecule has 0 aliphatic rings. The third-order valence-corrected chi connectivity index (χ3v) is 1.80. The number of carbonyl (C=O) groups excluding carboxylic acids is 4. The van der Waals surface area contributed by atoms with Crippen molar-refractivity contribution in [3.05, 3.63) is 45.5 Å². The van der Waals surface area contributed by atoms with E-state index in [0.29, 0.717) is 11.6 Å². The van der Waals surface area contributed by atoms with Gasteiger partial charge in [-0.05, 0) is 0 Å². The molecule has 0 aliphatic carbocycles. The van der Waals surface area contributed by atoms with Crippen molar-refractivity contribution >= 4 is 35.5 Å². The number of rotatable bonds is 0. The first-order chi connectivity index (χ1) is 12.9. The van der Waals surface area contributed by atoms with E-state index >= 15 is 0 Å². The Labute approximate surface area is 183 Å². The molecule has 2 heterocycles. The van der Waals surface area contributed by atoms with E-state index in [4.69, 9.17) is 51.1 Å². The molecule has 31 heavy (non-hydrogen) atoms. The third-order valence-electron chi connectivity index (χ3n) is 1.80. The number of nitrogen functional groups attached to an aromatic ring is 2. The number of anilines is 2. The van der Waals surface area contributed by atoms with Gasteiger partial charge in [0.25, 0.3) is 0 Å². The zero-order valence-electron chi connectivity index (χ0n) is 15.4. The van der Waals surface area contributed by atoms with Gasteiger partial charge in [0.1, 0.15) is 0 Å². The van der Waals surface area contributed by atoms with Gasteiger partial charge in [0, 0.05) is 12.1 Å². The molecule has 0 saturated heterocycles. The van der Waals surface area contributed by atoms with Gasteiger partial charge in [-0.3, -0.25) is 0 Å². The Hall–Kier alpha value is -4.22. The van der Waals surface area contributed by atoms with Gasteiger partial charge in [-0.2, -0.15) is 19.6 Å². The summed E-state index contributed by atoms with van der Waals surface area (Å²) in [5.74, 6) is -8.00. The largest absolute Gasteiger partial charge is 2.00 e. The van der Waals surface area contributed by atoms with Gasteiger partial charge in [-0.15, -0.1) is 0 Å². The summed E-state index contributed by atoms with van der Waals surface area (Å²) in [4.78, 5) is 65.7. The number of aromatic amines is 4. The van der Waals surface area contributed by atoms with Gasteiger partial charge >= 0.3 is 30.9 Å². The van der Waals surface area contributed by atoms with Gasteiger partial charge in [0.2, 0.25) is 0 Å². The first-order valence-electron chi connectivity index (χ1n) is 6.44. The molecule has 0 atom stereocenters. The Kier molecular flexibility index (Phi) is 24.8. The molecule has 19 heteroatoms. The van der Waals surface area contributed by atoms with Crippen LogP contribution in [0.25, 0.3) is 0 Å². The molecule has 0 aromatic carbocycles. The number of hydrogen-bond acceptors (Lipinski definition) is 12. The number of aromatic nitrogens is 4. The Morgan fingerprint density at radius 3 is 1.00 bits per heavy atom. The van der Waals surface area contributed by atoms with Crippen LogP contribution in [0.3, 0.4) is 0 Å². The summed E-state index contributed by atoms with van der Waals surface area (Å²) in [5, 5.41) is 35.7. The van der Waals surface area contributed by atoms with E-state index in [0.717, 1.165) is 0 Å². The van der Waals surface area contributed by atoms with E-state index in [-0.39, 0.29) is 41.8 Å². The molecule has 0 saturated carbocycles. The molecule has 2 aromatic heterocycles. The van der Waals surface area contributed by atoms with Gasteiger partial charge in [0.05, 0.1) is 36.3 Å². The van der Waals surface area contributed by atoms with Crippen LogP contribution in [0, 0.1) is 0 Å². The molecule has 0 spiro atoms. The van der Waals surface area contributed by atoms with Crippen molar-refractivity contribution in [2.75, 3.05) is 11.5 Å². The van der Waals surface area contributed by atoms with E-state index in [2.05, 4.69) is 19.9 Å². The number of aliphatic carboxylic acids is 4. The maximum atomic E-state index is 10.3. The number of carbonyl (C=O) groups is 4. The van der Waals surface area contributed by atoms with Crippen molar-refractivity contribution in [1.29, 1.82) is 0 Å². The second kappa shape index (κ2) is 20.5. The minimum atomic E-state index is -2.19. The smallest absolute Gasteiger partial charge is 0.543 e. The molecule has 14 N–H and O–H groups in total. The van der Waals surface area contributed by atoms with Crippen LogP contribution >= 0.6 is 0 Å². The molecular weight excluding hydrogens is 486 g/mol. The first-order valence-corrected chi connectivity index (χ1v) is 6.44. The zero-order chi connectivity index (χ0) is 22.3. The number of nitrogens with two attached hydrogens (primary N) is 2. The second-order valence-electron chi connectivity index (χ2n) is 3.92. The molecule has 2 aromatic rings. The average molecular weight is 504 g/mol. The van der Waals surface area contributed by atoms with Crippen molar-refractivity contribution in [3.63, 3.8) is 0 Å². The fourth-order valence-corrected chi connectivity index (χ4v) is 0.832. The van der Waals surface area contributed by atoms with Gasteiger partial charge in [0.15, 0.2) is 11.6 Å². The van der Waals surface area contributed by atoms with Crippen LogP contribution in [0.2, 0.25) is 0 Å². The van der Waals surface area contributed by atoms with E-state index in [9.17, 15) is 9.59 Å². The summed E-state index contributed by atoms with van der Waals surface area (Å²) in [7, 11) is 0. The maximum Gasteiger partial charge on any atom is 2.00 e. The van der Waals surface area contributed by atoms with Gasteiger partial charge in [-0.1, -0.05) is 0 Å². The zero-order valence-corrected chi connectivity index (χ0v) is 18.4. The summed E-state index contributed by atoms with van der Waals surface area (Å²) >= 11 is 0. The van der Waals surface area contributed by atoms with E-state index < -0.39 is 23.9 Å². The molecule has 168 valence electrons. The Morgan fingerprint density at radius 1 is 0.677 bits per heavy atom. The molecular formula is C12H18N6O12Zn+2. The number of hydrogen-bond donors (Lipinski definition) is 4. The normalized spacial score (nSPS) is 7.48. The number of nitrogens with one attached hydrogen (secondary N) is 4. The third kappa shape index (κ3) is 25.8. The van der Waals surface area contributed by atoms with Crippen molar-refractivity contribution < 1.29 is 80.0 Å². The predicted octanol–water partition coefficient (Wildman–Crippen LogP) is -11.3. The van der Waals surface area contributed by atoms with E-state index in [1.165, 1.54) is 12.4 Å². The molecule has 0 radical (unpaired) electrons. The van der Waals surface area contributed by atoms with Crippen LogP contribution in [0.4, 0.5) is 11.6 Å². The first kappa shape index (κ1) is 37.5. The van der Waals surface area contributed by atoms with Crippen LogP contribution in [0.1, 0.15) is 0 Å². The molecule has 0 fully saturated rings. The Balaban J connectivity index is -0.0000000950. The van der Waals surface area contributed by atoms with Gasteiger partial charge < -0.3 is 62.0 Å². The van der Waals surface area contributed by atoms with Crippen LogP contribution < -0.4 is 53.2 Å². The molecule has 0 aliphatic heterocycles. The molecule has 2 rings (SSSR count). The summed E-state index contributed by atoms with van der Waals surface area (Å²) in [6.07, 6.45) is 2.96. The quantitative estimate of drug-likeness (QED) is 0.148. The van der Waals surface area contributed by atoms with Crippen molar-refractivity contribution in [1.82, 2.24) is 9.97 Å². The Morgan fingerprint density at radius 2 is 0.903 bits per heavy atom. The van der Waals surface area contributed by atoms with Crippen molar-refractivity contribution in [2.45, 2.75) is 0 Å². The topological polar surface area (TPSA) is 373 Å². The SMILES string of the molecule is Nc1cc[nH+]c(=O)[nH]1.Nc1cc[nH+]c(=O)[nH]1.O=C([O-])C(=O)[O-].O=C([O-])C(=O)[O-].[OH3+].[OH3+].[Zn+2]. The summed E-state index contributed by atoms with van der Waals surface area (Å²) < 4.78 is 0. The molecule has 0 amide bonds. The van der Waals surface area contributed by atoms with E-state index in [1.807, 2.05) is 0 Å². The van der Waals surface area contributed by atoms with Crippen LogP contribution in [-0.2, 0) is 49.6 Å². The molecule has 0 bridgehead atoms. The average Bonchev–Trinajstić information content (AvgIpc) is 2.56. The fraction of sp³-hybridized carbons (Fsp3) is 0. The van der Waals surface area contributed by atoms with Crippen LogP contribution in [0.5, 0.6) is 0 Å². The number of H-pyrrole nitrogens is 4. The minimum absolute atomic E-state index is 0. The van der Waals surface area contributed by atoms with Crippen molar-refractivity contribution in [3.8, 4) is 0 Å². The molecule has 18 nitrogen and oxygen atoms in total. The van der Waals surface area contributed by atoms with Gasteiger partial charge in [-0.25, -0.2) is 9.97 Å². The Bertz CT molecular complexity index is 831. The second-order valence-corrected chi connectivity index (χ2v) is 3.92. The summed E-state index contributed by atoms with van der Waals surface area (Å²) in [5.41, 5.74) is 9.79. The minimum Gasteiger partial charge on any atom is -0.543 e. The monoisotopic (exact) mass is 502 g/mol.